The molecule has 2 saturated heterocycles. The molecular weight excluding hydrogens is 1180 g/mol. The second kappa shape index (κ2) is 65.1. The third-order valence-electron chi connectivity index (χ3n) is 20.5. The standard InChI is InChI=1S/C80H155NO13/c1-3-5-7-9-11-13-15-17-19-21-23-25-27-29-31-33-34-35-36-37-39-41-43-45-47-49-51-53-55-57-59-61-63-69(84)68(67-91-79-77(90)75(88)78(71(66-83)93-79)94-80-76(89)74(87)73(86)70(65-82)92-80)81-72(85)64-62-60-58-56-54-52-50-48-46-44-42-40-38-32-30-28-26-24-22-20-18-16-14-12-10-8-6-4-2/h61,63,68-71,73-80,82-84,86-90H,3-60,62,64-67H2,1-2H3,(H,81,85)/b63-61+. The van der Waals surface area contributed by atoms with E-state index in [2.05, 4.69) is 19.2 Å². The van der Waals surface area contributed by atoms with Crippen LogP contribution in [0.25, 0.3) is 0 Å². The van der Waals surface area contributed by atoms with Gasteiger partial charge in [-0.1, -0.05) is 386 Å². The zero-order valence-corrected chi connectivity index (χ0v) is 61.2. The normalized spacial score (nSPS) is 22.4. The van der Waals surface area contributed by atoms with Gasteiger partial charge in [0.25, 0.3) is 0 Å². The molecule has 2 aliphatic heterocycles. The Hall–Kier alpha value is -1.27. The minimum absolute atomic E-state index is 0.228. The SMILES string of the molecule is CCCCCCCCCCCCCCCCCCCCCCCCCCCCCCCC/C=C/C(O)C(COC1OC(CO)C(OC2OC(CO)C(O)C(O)C2O)C(O)C1O)NC(=O)CCCCCCCCCCCCCCCCCCCCCCCCCCCCCC. The molecule has 12 atom stereocenters. The molecule has 558 valence electrons. The average Bonchev–Trinajstić information content (AvgIpc) is 0.794. The first-order valence-corrected chi connectivity index (χ1v) is 40.9. The zero-order chi connectivity index (χ0) is 68.0. The molecule has 9 N–H and O–H groups in total. The van der Waals surface area contributed by atoms with E-state index in [-0.39, 0.29) is 18.9 Å². The third-order valence-corrected chi connectivity index (χ3v) is 20.5. The summed E-state index contributed by atoms with van der Waals surface area (Å²) < 4.78 is 22.9. The minimum Gasteiger partial charge on any atom is -0.394 e. The molecule has 2 aliphatic rings. The molecule has 0 aromatic heterocycles. The Bertz CT molecular complexity index is 1620. The average molecular weight is 1340 g/mol. The highest BCUT2D eigenvalue weighted by atomic mass is 16.7. The Balaban J connectivity index is 1.61. The number of unbranched alkanes of at least 4 members (excludes halogenated alkanes) is 57. The molecule has 2 fully saturated rings. The number of aliphatic hydroxyl groups excluding tert-OH is 8. The van der Waals surface area contributed by atoms with Gasteiger partial charge in [-0.3, -0.25) is 4.79 Å². The lowest BCUT2D eigenvalue weighted by Crippen LogP contribution is -2.65. The third kappa shape index (κ3) is 47.7. The fourth-order valence-electron chi connectivity index (χ4n) is 14.0. The molecule has 0 saturated carbocycles. The number of allylic oxidation sites excluding steroid dienone is 1. The Labute approximate surface area is 577 Å². The van der Waals surface area contributed by atoms with Crippen molar-refractivity contribution in [3.05, 3.63) is 12.2 Å². The van der Waals surface area contributed by atoms with E-state index in [0.29, 0.717) is 0 Å². The number of nitrogens with one attached hydrogen (secondary N) is 1. The van der Waals surface area contributed by atoms with Crippen LogP contribution in [0.4, 0.5) is 0 Å². The molecule has 0 bridgehead atoms. The van der Waals surface area contributed by atoms with E-state index < -0.39 is 86.8 Å². The Morgan fingerprint density at radius 1 is 0.372 bits per heavy atom. The van der Waals surface area contributed by atoms with E-state index in [0.717, 1.165) is 44.9 Å². The summed E-state index contributed by atoms with van der Waals surface area (Å²) in [5, 5.41) is 87.7. The van der Waals surface area contributed by atoms with E-state index in [9.17, 15) is 45.6 Å². The number of hydrogen-bond acceptors (Lipinski definition) is 13. The summed E-state index contributed by atoms with van der Waals surface area (Å²) in [5.74, 6) is -0.228. The van der Waals surface area contributed by atoms with Crippen LogP contribution in [-0.4, -0.2) is 140 Å². The largest absolute Gasteiger partial charge is 0.394 e. The van der Waals surface area contributed by atoms with Gasteiger partial charge in [0.15, 0.2) is 12.6 Å². The van der Waals surface area contributed by atoms with E-state index in [1.165, 1.54) is 334 Å². The summed E-state index contributed by atoms with van der Waals surface area (Å²) in [5.41, 5.74) is 0. The predicted molar refractivity (Wildman–Crippen MR) is 388 cm³/mol. The van der Waals surface area contributed by atoms with Crippen molar-refractivity contribution >= 4 is 5.91 Å². The van der Waals surface area contributed by atoms with E-state index in [1.54, 1.807) is 6.08 Å². The molecule has 1 amide bonds. The quantitative estimate of drug-likeness (QED) is 0.0204. The summed E-state index contributed by atoms with van der Waals surface area (Å²) in [6.07, 6.45) is 65.9. The van der Waals surface area contributed by atoms with Crippen LogP contribution in [0.2, 0.25) is 0 Å². The lowest BCUT2D eigenvalue weighted by atomic mass is 9.97. The van der Waals surface area contributed by atoms with Crippen LogP contribution in [0.3, 0.4) is 0 Å². The molecule has 2 heterocycles. The van der Waals surface area contributed by atoms with Crippen LogP contribution in [0.15, 0.2) is 12.2 Å². The number of carbonyl (C=O) groups is 1. The van der Waals surface area contributed by atoms with E-state index >= 15 is 0 Å². The van der Waals surface area contributed by atoms with Gasteiger partial charge in [0.05, 0.1) is 32.0 Å². The van der Waals surface area contributed by atoms with Crippen molar-refractivity contribution in [3.63, 3.8) is 0 Å². The van der Waals surface area contributed by atoms with Crippen LogP contribution >= 0.6 is 0 Å². The molecular formula is C80H155NO13. The summed E-state index contributed by atoms with van der Waals surface area (Å²) >= 11 is 0. The maximum atomic E-state index is 13.4. The topological polar surface area (TPSA) is 228 Å². The van der Waals surface area contributed by atoms with Crippen molar-refractivity contribution in [2.75, 3.05) is 19.8 Å². The summed E-state index contributed by atoms with van der Waals surface area (Å²) in [4.78, 5) is 13.4. The highest BCUT2D eigenvalue weighted by Gasteiger charge is 2.51. The van der Waals surface area contributed by atoms with Gasteiger partial charge in [0, 0.05) is 6.42 Å². The molecule has 12 unspecified atom stereocenters. The number of hydrogen-bond donors (Lipinski definition) is 9. The smallest absolute Gasteiger partial charge is 0.220 e. The molecule has 94 heavy (non-hydrogen) atoms. The number of aliphatic hydroxyl groups is 8. The lowest BCUT2D eigenvalue weighted by molar-refractivity contribution is -0.359. The van der Waals surface area contributed by atoms with E-state index in [1.807, 2.05) is 6.08 Å². The van der Waals surface area contributed by atoms with E-state index in [4.69, 9.17) is 18.9 Å². The highest BCUT2D eigenvalue weighted by Crippen LogP contribution is 2.30. The number of amides is 1. The molecule has 14 nitrogen and oxygen atoms in total. The first-order chi connectivity index (χ1) is 46.1. The van der Waals surface area contributed by atoms with Crippen LogP contribution in [0.1, 0.15) is 399 Å². The minimum atomic E-state index is -1.79. The molecule has 0 radical (unpaired) electrons. The fourth-order valence-corrected chi connectivity index (χ4v) is 14.0. The van der Waals surface area contributed by atoms with Crippen molar-refractivity contribution < 1.29 is 64.6 Å². The number of carbonyl (C=O) groups excluding carboxylic acids is 1. The summed E-state index contributed by atoms with van der Waals surface area (Å²) in [6, 6.07) is -0.912. The van der Waals surface area contributed by atoms with Gasteiger partial charge in [-0.05, 0) is 19.3 Å². The molecule has 2 rings (SSSR count). The second-order valence-electron chi connectivity index (χ2n) is 29.3. The summed E-state index contributed by atoms with van der Waals surface area (Å²) in [7, 11) is 0. The Morgan fingerprint density at radius 3 is 0.979 bits per heavy atom. The van der Waals surface area contributed by atoms with Crippen molar-refractivity contribution in [3.8, 4) is 0 Å². The van der Waals surface area contributed by atoms with Crippen LogP contribution in [0.5, 0.6) is 0 Å². The van der Waals surface area contributed by atoms with Gasteiger partial charge in [0.1, 0.15) is 48.8 Å². The van der Waals surface area contributed by atoms with Gasteiger partial charge in [0.2, 0.25) is 5.91 Å². The van der Waals surface area contributed by atoms with Crippen LogP contribution < -0.4 is 5.32 Å². The Morgan fingerprint density at radius 2 is 0.660 bits per heavy atom. The maximum absolute atomic E-state index is 13.4. The van der Waals surface area contributed by atoms with Crippen LogP contribution in [0, 0.1) is 0 Å². The van der Waals surface area contributed by atoms with Gasteiger partial charge in [-0.15, -0.1) is 0 Å². The molecule has 0 aromatic rings. The van der Waals surface area contributed by atoms with Gasteiger partial charge in [-0.2, -0.15) is 0 Å². The maximum Gasteiger partial charge on any atom is 0.220 e. The Kier molecular flexibility index (Phi) is 61.5. The molecule has 0 spiro atoms. The predicted octanol–water partition coefficient (Wildman–Crippen LogP) is 18.5. The fraction of sp³-hybridized carbons (Fsp3) is 0.963. The van der Waals surface area contributed by atoms with Crippen molar-refractivity contribution in [1.82, 2.24) is 5.32 Å². The van der Waals surface area contributed by atoms with Gasteiger partial charge < -0.3 is 65.1 Å². The molecule has 0 aliphatic carbocycles. The first-order valence-electron chi connectivity index (χ1n) is 40.9. The monoisotopic (exact) mass is 1340 g/mol. The highest BCUT2D eigenvalue weighted by molar-refractivity contribution is 5.76. The van der Waals surface area contributed by atoms with Crippen molar-refractivity contribution in [1.29, 1.82) is 0 Å². The lowest BCUT2D eigenvalue weighted by Gasteiger charge is -2.46. The van der Waals surface area contributed by atoms with Crippen LogP contribution in [-0.2, 0) is 23.7 Å². The van der Waals surface area contributed by atoms with Crippen molar-refractivity contribution in [2.45, 2.75) is 473 Å². The first kappa shape index (κ1) is 88.8. The van der Waals surface area contributed by atoms with Gasteiger partial charge in [-0.25, -0.2) is 0 Å². The molecule has 14 heteroatoms. The van der Waals surface area contributed by atoms with Crippen molar-refractivity contribution in [2.24, 2.45) is 0 Å². The zero-order valence-electron chi connectivity index (χ0n) is 61.2. The van der Waals surface area contributed by atoms with Gasteiger partial charge >= 0.3 is 0 Å². The molecule has 0 aromatic carbocycles. The second-order valence-corrected chi connectivity index (χ2v) is 29.3. The number of ether oxygens (including phenoxy) is 4. The number of rotatable bonds is 70. The summed E-state index contributed by atoms with van der Waals surface area (Å²) in [6.45, 7) is 2.88.